The van der Waals surface area contributed by atoms with Gasteiger partial charge in [0.25, 0.3) is 0 Å². The molecule has 5 nitrogen and oxygen atoms in total. The van der Waals surface area contributed by atoms with Crippen molar-refractivity contribution in [1.29, 1.82) is 0 Å². The highest BCUT2D eigenvalue weighted by Crippen LogP contribution is 2.14. The number of carbonyl (C=O) groups is 1. The number of sulfonamides is 1. The van der Waals surface area contributed by atoms with Gasteiger partial charge in [-0.1, -0.05) is 48.5 Å². The SMILES string of the molecule is C[C@@H](NC(=O)CN(C)S(=O)(=O)c1ccccc1)c1ccccc1. The van der Waals surface area contributed by atoms with E-state index in [-0.39, 0.29) is 23.4 Å². The second kappa shape index (κ2) is 7.39. The maximum absolute atomic E-state index is 12.4. The van der Waals surface area contributed by atoms with E-state index in [1.165, 1.54) is 19.2 Å². The zero-order valence-corrected chi connectivity index (χ0v) is 14.0. The first kappa shape index (κ1) is 17.2. The molecule has 23 heavy (non-hydrogen) atoms. The number of amides is 1. The monoisotopic (exact) mass is 332 g/mol. The molecule has 0 fully saturated rings. The third-order valence-corrected chi connectivity index (χ3v) is 5.31. The van der Waals surface area contributed by atoms with E-state index < -0.39 is 10.0 Å². The second-order valence-corrected chi connectivity index (χ2v) is 7.32. The quantitative estimate of drug-likeness (QED) is 0.882. The van der Waals surface area contributed by atoms with Crippen LogP contribution in [0.2, 0.25) is 0 Å². The molecule has 0 radical (unpaired) electrons. The van der Waals surface area contributed by atoms with E-state index in [2.05, 4.69) is 5.32 Å². The molecule has 1 N–H and O–H groups in total. The summed E-state index contributed by atoms with van der Waals surface area (Å²) in [6.07, 6.45) is 0. The molecule has 0 heterocycles. The van der Waals surface area contributed by atoms with Gasteiger partial charge in [-0.15, -0.1) is 0 Å². The Bertz CT molecular complexity index is 746. The van der Waals surface area contributed by atoms with E-state index >= 15 is 0 Å². The molecule has 0 aromatic heterocycles. The van der Waals surface area contributed by atoms with Crippen LogP contribution in [0.5, 0.6) is 0 Å². The summed E-state index contributed by atoms with van der Waals surface area (Å²) in [6.45, 7) is 1.63. The van der Waals surface area contributed by atoms with Gasteiger partial charge in [0, 0.05) is 7.05 Å². The van der Waals surface area contributed by atoms with E-state index in [1.807, 2.05) is 37.3 Å². The second-order valence-electron chi connectivity index (χ2n) is 5.27. The van der Waals surface area contributed by atoms with Gasteiger partial charge in [0.2, 0.25) is 15.9 Å². The van der Waals surface area contributed by atoms with Gasteiger partial charge in [-0.25, -0.2) is 8.42 Å². The van der Waals surface area contributed by atoms with E-state index in [0.717, 1.165) is 9.87 Å². The Hall–Kier alpha value is -2.18. The first-order chi connectivity index (χ1) is 10.9. The van der Waals surface area contributed by atoms with Crippen LogP contribution in [0.1, 0.15) is 18.5 Å². The molecular weight excluding hydrogens is 312 g/mol. The summed E-state index contributed by atoms with van der Waals surface area (Å²) in [7, 11) is -2.26. The summed E-state index contributed by atoms with van der Waals surface area (Å²) in [5, 5.41) is 2.81. The molecule has 2 aromatic carbocycles. The summed E-state index contributed by atoms with van der Waals surface area (Å²) >= 11 is 0. The average molecular weight is 332 g/mol. The molecule has 0 bridgehead atoms. The van der Waals surface area contributed by atoms with Crippen LogP contribution < -0.4 is 5.32 Å². The lowest BCUT2D eigenvalue weighted by atomic mass is 10.1. The lowest BCUT2D eigenvalue weighted by Crippen LogP contribution is -2.39. The van der Waals surface area contributed by atoms with Crippen molar-refractivity contribution < 1.29 is 13.2 Å². The largest absolute Gasteiger partial charge is 0.348 e. The van der Waals surface area contributed by atoms with Crippen LogP contribution in [0, 0.1) is 0 Å². The number of likely N-dealkylation sites (N-methyl/N-ethyl adjacent to an activating group) is 1. The van der Waals surface area contributed by atoms with Gasteiger partial charge >= 0.3 is 0 Å². The predicted molar refractivity (Wildman–Crippen MR) is 89.3 cm³/mol. The molecule has 0 saturated heterocycles. The molecule has 0 aliphatic rings. The van der Waals surface area contributed by atoms with Gasteiger partial charge in [0.15, 0.2) is 0 Å². The normalized spacial score (nSPS) is 12.8. The molecule has 2 aromatic rings. The van der Waals surface area contributed by atoms with Crippen LogP contribution in [-0.4, -0.2) is 32.2 Å². The minimum absolute atomic E-state index is 0.173. The number of hydrogen-bond donors (Lipinski definition) is 1. The third kappa shape index (κ3) is 4.40. The van der Waals surface area contributed by atoms with Gasteiger partial charge < -0.3 is 5.32 Å². The maximum Gasteiger partial charge on any atom is 0.243 e. The Morgan fingerprint density at radius 1 is 1.04 bits per heavy atom. The predicted octanol–water partition coefficient (Wildman–Crippen LogP) is 2.18. The smallest absolute Gasteiger partial charge is 0.243 e. The average Bonchev–Trinajstić information content (AvgIpc) is 2.56. The number of nitrogens with zero attached hydrogens (tertiary/aromatic N) is 1. The standard InChI is InChI=1S/C17H20N2O3S/c1-14(15-9-5-3-6-10-15)18-17(20)13-19(2)23(21,22)16-11-7-4-8-12-16/h3-12,14H,13H2,1-2H3,(H,18,20)/t14-/m1/s1. The Kier molecular flexibility index (Phi) is 5.52. The molecule has 122 valence electrons. The molecule has 0 saturated carbocycles. The van der Waals surface area contributed by atoms with Gasteiger partial charge in [0.1, 0.15) is 0 Å². The first-order valence-corrected chi connectivity index (χ1v) is 8.71. The van der Waals surface area contributed by atoms with Crippen molar-refractivity contribution in [2.24, 2.45) is 0 Å². The summed E-state index contributed by atoms with van der Waals surface area (Å²) < 4.78 is 25.8. The molecule has 0 aliphatic heterocycles. The highest BCUT2D eigenvalue weighted by Gasteiger charge is 2.23. The van der Waals surface area contributed by atoms with Crippen LogP contribution in [0.3, 0.4) is 0 Å². The molecule has 2 rings (SSSR count). The molecule has 0 aliphatic carbocycles. The van der Waals surface area contributed by atoms with Crippen molar-refractivity contribution in [2.75, 3.05) is 13.6 Å². The molecule has 0 spiro atoms. The fraction of sp³-hybridized carbons (Fsp3) is 0.235. The zero-order chi connectivity index (χ0) is 16.9. The molecule has 0 unspecified atom stereocenters. The fourth-order valence-electron chi connectivity index (χ4n) is 2.17. The van der Waals surface area contributed by atoms with Crippen molar-refractivity contribution in [3.8, 4) is 0 Å². The van der Waals surface area contributed by atoms with Crippen LogP contribution in [0.4, 0.5) is 0 Å². The minimum Gasteiger partial charge on any atom is -0.348 e. The highest BCUT2D eigenvalue weighted by atomic mass is 32.2. The number of hydrogen-bond acceptors (Lipinski definition) is 3. The van der Waals surface area contributed by atoms with E-state index in [9.17, 15) is 13.2 Å². The molecular formula is C17H20N2O3S. The Morgan fingerprint density at radius 2 is 1.57 bits per heavy atom. The van der Waals surface area contributed by atoms with E-state index in [1.54, 1.807) is 18.2 Å². The number of carbonyl (C=O) groups excluding carboxylic acids is 1. The van der Waals surface area contributed by atoms with Crippen molar-refractivity contribution >= 4 is 15.9 Å². The number of benzene rings is 2. The first-order valence-electron chi connectivity index (χ1n) is 7.27. The molecule has 6 heteroatoms. The van der Waals surface area contributed by atoms with Gasteiger partial charge in [-0.3, -0.25) is 4.79 Å². The molecule has 1 atom stereocenters. The summed E-state index contributed by atoms with van der Waals surface area (Å²) in [5.74, 6) is -0.344. The topological polar surface area (TPSA) is 66.5 Å². The third-order valence-electron chi connectivity index (χ3n) is 3.49. The lowest BCUT2D eigenvalue weighted by Gasteiger charge is -2.19. The van der Waals surface area contributed by atoms with Gasteiger partial charge in [0.05, 0.1) is 17.5 Å². The summed E-state index contributed by atoms with van der Waals surface area (Å²) in [5.41, 5.74) is 0.967. The summed E-state index contributed by atoms with van der Waals surface area (Å²) in [6, 6.07) is 17.4. The van der Waals surface area contributed by atoms with Crippen LogP contribution in [0.15, 0.2) is 65.6 Å². The van der Waals surface area contributed by atoms with Gasteiger partial charge in [-0.05, 0) is 24.6 Å². The van der Waals surface area contributed by atoms with Crippen molar-refractivity contribution in [3.63, 3.8) is 0 Å². The Morgan fingerprint density at radius 3 is 2.13 bits per heavy atom. The van der Waals surface area contributed by atoms with Crippen molar-refractivity contribution in [2.45, 2.75) is 17.9 Å². The van der Waals surface area contributed by atoms with Crippen LogP contribution >= 0.6 is 0 Å². The Labute approximate surface area is 137 Å². The van der Waals surface area contributed by atoms with Crippen molar-refractivity contribution in [1.82, 2.24) is 9.62 Å². The fourth-order valence-corrected chi connectivity index (χ4v) is 3.32. The highest BCUT2D eigenvalue weighted by molar-refractivity contribution is 7.89. The van der Waals surface area contributed by atoms with Crippen molar-refractivity contribution in [3.05, 3.63) is 66.2 Å². The Balaban J connectivity index is 2.00. The molecule has 1 amide bonds. The lowest BCUT2D eigenvalue weighted by molar-refractivity contribution is -0.121. The summed E-state index contributed by atoms with van der Waals surface area (Å²) in [4.78, 5) is 12.3. The van der Waals surface area contributed by atoms with E-state index in [0.29, 0.717) is 0 Å². The van der Waals surface area contributed by atoms with Crippen LogP contribution in [-0.2, 0) is 14.8 Å². The minimum atomic E-state index is -3.66. The van der Waals surface area contributed by atoms with Gasteiger partial charge in [-0.2, -0.15) is 4.31 Å². The number of nitrogens with one attached hydrogen (secondary N) is 1. The maximum atomic E-state index is 12.4. The van der Waals surface area contributed by atoms with Crippen LogP contribution in [0.25, 0.3) is 0 Å². The van der Waals surface area contributed by atoms with E-state index in [4.69, 9.17) is 0 Å². The zero-order valence-electron chi connectivity index (χ0n) is 13.1. The number of rotatable bonds is 6.